The summed E-state index contributed by atoms with van der Waals surface area (Å²) in [6, 6.07) is 19.8. The number of nitrogens with zero attached hydrogens (tertiary/aromatic N) is 1. The van der Waals surface area contributed by atoms with E-state index in [1.807, 2.05) is 42.5 Å². The fourth-order valence-corrected chi connectivity index (χ4v) is 3.95. The number of pyridine rings is 1. The van der Waals surface area contributed by atoms with Crippen molar-refractivity contribution >= 4 is 28.6 Å². The van der Waals surface area contributed by atoms with E-state index in [9.17, 15) is 19.5 Å². The summed E-state index contributed by atoms with van der Waals surface area (Å²) in [4.78, 5) is 42.2. The Balaban J connectivity index is 2.01. The molecule has 3 amide bonds. The van der Waals surface area contributed by atoms with E-state index in [1.54, 1.807) is 18.2 Å². The number of amides is 3. The van der Waals surface area contributed by atoms with Crippen molar-refractivity contribution in [1.82, 2.24) is 10.3 Å². The largest absolute Gasteiger partial charge is 0.396 e. The molecule has 0 saturated carbocycles. The van der Waals surface area contributed by atoms with Gasteiger partial charge in [0.2, 0.25) is 11.8 Å². The van der Waals surface area contributed by atoms with Gasteiger partial charge in [-0.15, -0.1) is 0 Å². The Kier molecular flexibility index (Phi) is 7.17. The van der Waals surface area contributed by atoms with Gasteiger partial charge in [-0.2, -0.15) is 0 Å². The van der Waals surface area contributed by atoms with Gasteiger partial charge < -0.3 is 21.9 Å². The van der Waals surface area contributed by atoms with Crippen LogP contribution in [-0.4, -0.2) is 40.0 Å². The molecule has 0 aliphatic rings. The fraction of sp³-hybridized carbons (Fsp3) is 0.250. The van der Waals surface area contributed by atoms with Crippen LogP contribution in [0.5, 0.6) is 0 Å². The van der Waals surface area contributed by atoms with E-state index in [-0.39, 0.29) is 18.7 Å². The summed E-state index contributed by atoms with van der Waals surface area (Å²) in [5.41, 5.74) is 11.0. The maximum atomic E-state index is 13.2. The lowest BCUT2D eigenvalue weighted by atomic mass is 9.74. The van der Waals surface area contributed by atoms with Crippen LogP contribution in [0.15, 0.2) is 66.7 Å². The van der Waals surface area contributed by atoms with E-state index in [1.165, 1.54) is 6.07 Å². The molecule has 1 aromatic heterocycles. The van der Waals surface area contributed by atoms with Gasteiger partial charge in [-0.25, -0.2) is 4.98 Å². The number of hydrogen-bond acceptors (Lipinski definition) is 5. The molecule has 0 saturated heterocycles. The standard InChI is InChI=1S/C24H26N4O4/c25-21(30)15-24(23(26)32,18(12-13-29)14-16-6-2-1-3-7-16)28-22(31)20-11-10-17-8-4-5-9-19(17)27-20/h1-11,18,29H,12-15H2,(H2,25,30)(H2,26,32)(H,28,31). The van der Waals surface area contributed by atoms with Gasteiger partial charge >= 0.3 is 0 Å². The lowest BCUT2D eigenvalue weighted by Gasteiger charge is -2.38. The number of aliphatic hydroxyl groups is 1. The van der Waals surface area contributed by atoms with Crippen molar-refractivity contribution < 1.29 is 19.5 Å². The maximum Gasteiger partial charge on any atom is 0.270 e. The van der Waals surface area contributed by atoms with E-state index >= 15 is 0 Å². The maximum absolute atomic E-state index is 13.2. The zero-order valence-electron chi connectivity index (χ0n) is 17.5. The number of rotatable bonds is 10. The number of para-hydroxylation sites is 1. The Hall–Kier alpha value is -3.78. The summed E-state index contributed by atoms with van der Waals surface area (Å²) in [7, 11) is 0. The molecule has 3 aromatic rings. The van der Waals surface area contributed by atoms with Crippen molar-refractivity contribution in [3.63, 3.8) is 0 Å². The first-order valence-electron chi connectivity index (χ1n) is 10.3. The van der Waals surface area contributed by atoms with Crippen LogP contribution in [0.25, 0.3) is 10.9 Å². The molecule has 32 heavy (non-hydrogen) atoms. The molecular formula is C24H26N4O4. The number of nitrogens with two attached hydrogens (primary N) is 2. The second-order valence-corrected chi connectivity index (χ2v) is 7.72. The van der Waals surface area contributed by atoms with Gasteiger partial charge in [-0.3, -0.25) is 14.4 Å². The Bertz CT molecular complexity index is 1120. The molecule has 3 rings (SSSR count). The third-order valence-electron chi connectivity index (χ3n) is 5.56. The average Bonchev–Trinajstić information content (AvgIpc) is 2.78. The molecule has 2 atom stereocenters. The highest BCUT2D eigenvalue weighted by atomic mass is 16.3. The molecule has 2 unspecified atom stereocenters. The quantitative estimate of drug-likeness (QED) is 0.380. The van der Waals surface area contributed by atoms with Crippen LogP contribution in [0.1, 0.15) is 28.9 Å². The highest BCUT2D eigenvalue weighted by Crippen LogP contribution is 2.29. The SMILES string of the molecule is NC(=O)CC(NC(=O)c1ccc2ccccc2n1)(C(N)=O)C(CCO)Cc1ccccc1. The molecule has 6 N–H and O–H groups in total. The van der Waals surface area contributed by atoms with Crippen LogP contribution < -0.4 is 16.8 Å². The van der Waals surface area contributed by atoms with Gasteiger partial charge in [0.25, 0.3) is 5.91 Å². The monoisotopic (exact) mass is 434 g/mol. The molecule has 0 aliphatic heterocycles. The lowest BCUT2D eigenvalue weighted by Crippen LogP contribution is -2.64. The molecule has 8 heteroatoms. The number of benzene rings is 2. The van der Waals surface area contributed by atoms with Crippen molar-refractivity contribution in [3.8, 4) is 0 Å². The van der Waals surface area contributed by atoms with Crippen LogP contribution in [0, 0.1) is 5.92 Å². The zero-order valence-corrected chi connectivity index (χ0v) is 17.5. The molecule has 0 bridgehead atoms. The van der Waals surface area contributed by atoms with Gasteiger partial charge in [0.15, 0.2) is 0 Å². The van der Waals surface area contributed by atoms with Crippen LogP contribution >= 0.6 is 0 Å². The van der Waals surface area contributed by atoms with Gasteiger partial charge in [0.05, 0.1) is 11.9 Å². The molecule has 0 fully saturated rings. The van der Waals surface area contributed by atoms with Gasteiger partial charge in [0.1, 0.15) is 11.2 Å². The summed E-state index contributed by atoms with van der Waals surface area (Å²) in [5, 5.41) is 13.2. The van der Waals surface area contributed by atoms with Gasteiger partial charge in [-0.05, 0) is 36.5 Å². The van der Waals surface area contributed by atoms with E-state index in [2.05, 4.69) is 10.3 Å². The average molecular weight is 434 g/mol. The summed E-state index contributed by atoms with van der Waals surface area (Å²) < 4.78 is 0. The van der Waals surface area contributed by atoms with E-state index in [4.69, 9.17) is 11.5 Å². The highest BCUT2D eigenvalue weighted by molar-refractivity contribution is 6.01. The predicted octanol–water partition coefficient (Wildman–Crippen LogP) is 1.31. The lowest BCUT2D eigenvalue weighted by molar-refractivity contribution is -0.132. The first kappa shape index (κ1) is 22.9. The van der Waals surface area contributed by atoms with Crippen LogP contribution in [-0.2, 0) is 16.0 Å². The Morgan fingerprint density at radius 2 is 1.66 bits per heavy atom. The fourth-order valence-electron chi connectivity index (χ4n) is 3.95. The second kappa shape index (κ2) is 10.0. The van der Waals surface area contributed by atoms with Crippen molar-refractivity contribution in [2.24, 2.45) is 17.4 Å². The van der Waals surface area contributed by atoms with E-state index in [0.29, 0.717) is 11.9 Å². The minimum Gasteiger partial charge on any atom is -0.396 e. The van der Waals surface area contributed by atoms with Crippen LogP contribution in [0.3, 0.4) is 0 Å². The normalized spacial score (nSPS) is 13.8. The summed E-state index contributed by atoms with van der Waals surface area (Å²) in [6.07, 6.45) is -0.0846. The van der Waals surface area contributed by atoms with Crippen molar-refractivity contribution in [3.05, 3.63) is 78.0 Å². The number of nitrogens with one attached hydrogen (secondary N) is 1. The smallest absolute Gasteiger partial charge is 0.270 e. The number of aromatic nitrogens is 1. The van der Waals surface area contributed by atoms with Crippen molar-refractivity contribution in [2.45, 2.75) is 24.8 Å². The summed E-state index contributed by atoms with van der Waals surface area (Å²) in [6.45, 7) is -0.268. The predicted molar refractivity (Wildman–Crippen MR) is 120 cm³/mol. The topological polar surface area (TPSA) is 148 Å². The number of primary amides is 2. The first-order valence-corrected chi connectivity index (χ1v) is 10.3. The first-order chi connectivity index (χ1) is 15.4. The molecule has 8 nitrogen and oxygen atoms in total. The minimum atomic E-state index is -1.80. The molecule has 1 heterocycles. The molecule has 0 spiro atoms. The summed E-state index contributed by atoms with van der Waals surface area (Å²) >= 11 is 0. The molecule has 166 valence electrons. The van der Waals surface area contributed by atoms with Gasteiger partial charge in [-0.1, -0.05) is 54.6 Å². The number of carbonyl (C=O) groups excluding carboxylic acids is 3. The second-order valence-electron chi connectivity index (χ2n) is 7.72. The Labute approximate surface area is 185 Å². The number of hydrogen-bond donors (Lipinski definition) is 4. The van der Waals surface area contributed by atoms with Crippen LogP contribution in [0.2, 0.25) is 0 Å². The number of fused-ring (bicyclic) bond motifs is 1. The molecule has 0 radical (unpaired) electrons. The van der Waals surface area contributed by atoms with Crippen molar-refractivity contribution in [1.29, 1.82) is 0 Å². The molecule has 2 aromatic carbocycles. The Morgan fingerprint density at radius 3 is 2.31 bits per heavy atom. The number of aliphatic hydroxyl groups excluding tert-OH is 1. The molecular weight excluding hydrogens is 408 g/mol. The van der Waals surface area contributed by atoms with E-state index < -0.39 is 35.6 Å². The number of carbonyl (C=O) groups is 3. The summed E-state index contributed by atoms with van der Waals surface area (Å²) in [5.74, 6) is -3.04. The van der Waals surface area contributed by atoms with E-state index in [0.717, 1.165) is 10.9 Å². The van der Waals surface area contributed by atoms with Gasteiger partial charge in [0, 0.05) is 12.0 Å². The Morgan fingerprint density at radius 1 is 0.969 bits per heavy atom. The highest BCUT2D eigenvalue weighted by Gasteiger charge is 2.47. The third kappa shape index (κ3) is 5.09. The zero-order chi connectivity index (χ0) is 23.1. The molecule has 0 aliphatic carbocycles. The van der Waals surface area contributed by atoms with Crippen molar-refractivity contribution in [2.75, 3.05) is 6.61 Å². The third-order valence-corrected chi connectivity index (χ3v) is 5.56. The van der Waals surface area contributed by atoms with Crippen LogP contribution in [0.4, 0.5) is 0 Å². The minimum absolute atomic E-state index is 0.0706.